The highest BCUT2D eigenvalue weighted by molar-refractivity contribution is 6.33. The monoisotopic (exact) mass is 378 g/mol. The number of fused-ring (bicyclic) bond motifs is 1. The van der Waals surface area contributed by atoms with Crippen molar-refractivity contribution in [2.24, 2.45) is 5.92 Å². The molecule has 0 aromatic heterocycles. The number of hydrogen-bond acceptors (Lipinski definition) is 2. The number of hydrogen-bond donors (Lipinski definition) is 1. The number of benzene rings is 3. The van der Waals surface area contributed by atoms with E-state index in [1.54, 1.807) is 0 Å². The maximum absolute atomic E-state index is 12.8. The van der Waals surface area contributed by atoms with Crippen LogP contribution in [0.4, 0.5) is 11.4 Å². The molecule has 0 unspecified atom stereocenters. The van der Waals surface area contributed by atoms with E-state index in [2.05, 4.69) is 17.1 Å². The Morgan fingerprint density at radius 2 is 1.78 bits per heavy atom. The summed E-state index contributed by atoms with van der Waals surface area (Å²) in [5, 5.41) is 5.67. The summed E-state index contributed by atoms with van der Waals surface area (Å²) in [7, 11) is 0. The van der Waals surface area contributed by atoms with Crippen molar-refractivity contribution in [1.29, 1.82) is 0 Å². The van der Waals surface area contributed by atoms with E-state index in [9.17, 15) is 4.79 Å². The molecule has 3 nitrogen and oxygen atoms in total. The molecule has 0 aliphatic carbocycles. The molecule has 1 aliphatic heterocycles. The predicted octanol–water partition coefficient (Wildman–Crippen LogP) is 5.98. The third-order valence-corrected chi connectivity index (χ3v) is 5.67. The minimum atomic E-state index is -0.123. The Morgan fingerprint density at radius 3 is 2.56 bits per heavy atom. The molecule has 1 fully saturated rings. The molecule has 3 aromatic rings. The van der Waals surface area contributed by atoms with Gasteiger partial charge in [-0.05, 0) is 53.8 Å². The molecule has 1 heterocycles. The Hall–Kier alpha value is -2.52. The van der Waals surface area contributed by atoms with Gasteiger partial charge in [-0.3, -0.25) is 4.79 Å². The molecule has 3 aromatic carbocycles. The molecule has 4 heteroatoms. The molecule has 4 rings (SSSR count). The van der Waals surface area contributed by atoms with Crippen LogP contribution < -0.4 is 10.2 Å². The summed E-state index contributed by atoms with van der Waals surface area (Å²) in [6, 6.07) is 19.5. The topological polar surface area (TPSA) is 32.3 Å². The van der Waals surface area contributed by atoms with Gasteiger partial charge in [-0.1, -0.05) is 54.9 Å². The predicted molar refractivity (Wildman–Crippen MR) is 114 cm³/mol. The molecule has 27 heavy (non-hydrogen) atoms. The van der Waals surface area contributed by atoms with Gasteiger partial charge in [0.05, 0.1) is 10.7 Å². The van der Waals surface area contributed by atoms with Gasteiger partial charge < -0.3 is 10.2 Å². The fourth-order valence-electron chi connectivity index (χ4n) is 3.71. The second-order valence-electron chi connectivity index (χ2n) is 7.32. The first-order chi connectivity index (χ1) is 13.1. The van der Waals surface area contributed by atoms with E-state index in [4.69, 9.17) is 11.6 Å². The van der Waals surface area contributed by atoms with Crippen molar-refractivity contribution in [2.45, 2.75) is 19.8 Å². The zero-order valence-corrected chi connectivity index (χ0v) is 16.2. The van der Waals surface area contributed by atoms with Gasteiger partial charge in [0.2, 0.25) is 0 Å². The van der Waals surface area contributed by atoms with E-state index in [-0.39, 0.29) is 5.91 Å². The zero-order valence-electron chi connectivity index (χ0n) is 15.4. The Kier molecular flexibility index (Phi) is 5.04. The second-order valence-corrected chi connectivity index (χ2v) is 7.72. The second kappa shape index (κ2) is 7.61. The lowest BCUT2D eigenvalue weighted by atomic mass is 9.99. The van der Waals surface area contributed by atoms with E-state index in [0.717, 1.165) is 35.5 Å². The van der Waals surface area contributed by atoms with Crippen LogP contribution in [0.5, 0.6) is 0 Å². The van der Waals surface area contributed by atoms with E-state index < -0.39 is 0 Å². The van der Waals surface area contributed by atoms with Crippen LogP contribution in [0.3, 0.4) is 0 Å². The van der Waals surface area contributed by atoms with Gasteiger partial charge in [0, 0.05) is 24.3 Å². The Balaban J connectivity index is 1.54. The van der Waals surface area contributed by atoms with Crippen LogP contribution >= 0.6 is 11.6 Å². The highest BCUT2D eigenvalue weighted by Gasteiger charge is 2.18. The van der Waals surface area contributed by atoms with Gasteiger partial charge in [-0.15, -0.1) is 0 Å². The molecular formula is C23H23ClN2O. The summed E-state index contributed by atoms with van der Waals surface area (Å²) >= 11 is 6.53. The lowest BCUT2D eigenvalue weighted by Gasteiger charge is -2.32. The maximum atomic E-state index is 12.8. The fourth-order valence-corrected chi connectivity index (χ4v) is 4.01. The number of amides is 1. The minimum Gasteiger partial charge on any atom is -0.370 e. The third kappa shape index (κ3) is 3.79. The average Bonchev–Trinajstić information content (AvgIpc) is 2.68. The molecule has 1 saturated heterocycles. The number of rotatable bonds is 3. The zero-order chi connectivity index (χ0) is 18.8. The van der Waals surface area contributed by atoms with Gasteiger partial charge in [-0.2, -0.15) is 0 Å². The van der Waals surface area contributed by atoms with Crippen LogP contribution in [0.2, 0.25) is 5.02 Å². The number of nitrogens with one attached hydrogen (secondary N) is 1. The smallest absolute Gasteiger partial charge is 0.256 e. The Morgan fingerprint density at radius 1 is 1.04 bits per heavy atom. The lowest BCUT2D eigenvalue weighted by Crippen LogP contribution is -2.32. The van der Waals surface area contributed by atoms with E-state index in [0.29, 0.717) is 16.3 Å². The van der Waals surface area contributed by atoms with Gasteiger partial charge in [0.15, 0.2) is 0 Å². The van der Waals surface area contributed by atoms with Crippen LogP contribution in [0.1, 0.15) is 30.1 Å². The van der Waals surface area contributed by atoms with Crippen molar-refractivity contribution in [3.05, 3.63) is 71.2 Å². The average molecular weight is 379 g/mol. The van der Waals surface area contributed by atoms with Crippen LogP contribution in [0, 0.1) is 5.92 Å². The Bertz CT molecular complexity index is 972. The molecule has 0 spiro atoms. The molecule has 1 N–H and O–H groups in total. The maximum Gasteiger partial charge on any atom is 0.256 e. The quantitative estimate of drug-likeness (QED) is 0.607. The normalized spacial score (nSPS) is 15.1. The van der Waals surface area contributed by atoms with Crippen LogP contribution in [-0.2, 0) is 0 Å². The third-order valence-electron chi connectivity index (χ3n) is 5.36. The van der Waals surface area contributed by atoms with Crippen molar-refractivity contribution in [3.63, 3.8) is 0 Å². The number of carbonyl (C=O) groups excluding carboxylic acids is 1. The van der Waals surface area contributed by atoms with Crippen LogP contribution in [0.25, 0.3) is 10.8 Å². The summed E-state index contributed by atoms with van der Waals surface area (Å²) in [6.45, 7) is 4.36. The fraction of sp³-hybridized carbons (Fsp3) is 0.261. The summed E-state index contributed by atoms with van der Waals surface area (Å²) < 4.78 is 0. The van der Waals surface area contributed by atoms with E-state index in [1.165, 1.54) is 12.8 Å². The largest absolute Gasteiger partial charge is 0.370 e. The van der Waals surface area contributed by atoms with Crippen molar-refractivity contribution in [1.82, 2.24) is 0 Å². The molecule has 1 aliphatic rings. The number of halogens is 1. The molecule has 1 amide bonds. The first kappa shape index (κ1) is 17.9. The van der Waals surface area contributed by atoms with Gasteiger partial charge in [-0.25, -0.2) is 0 Å². The highest BCUT2D eigenvalue weighted by Crippen LogP contribution is 2.32. The molecule has 138 valence electrons. The number of anilines is 2. The lowest BCUT2D eigenvalue weighted by molar-refractivity contribution is 0.102. The number of piperidine rings is 1. The highest BCUT2D eigenvalue weighted by atomic mass is 35.5. The molecule has 0 saturated carbocycles. The van der Waals surface area contributed by atoms with Crippen molar-refractivity contribution >= 4 is 39.7 Å². The standard InChI is InChI=1S/C23H23ClN2O/c1-16-11-13-26(14-12-16)22-10-9-18(15-21(22)24)25-23(27)20-8-4-6-17-5-2-3-7-19(17)20/h2-10,15-16H,11-14H2,1H3,(H,25,27). The van der Waals surface area contributed by atoms with Crippen LogP contribution in [-0.4, -0.2) is 19.0 Å². The molecule has 0 atom stereocenters. The summed E-state index contributed by atoms with van der Waals surface area (Å²) in [6.07, 6.45) is 2.38. The SMILES string of the molecule is CC1CCN(c2ccc(NC(=O)c3cccc4ccccc34)cc2Cl)CC1. The molecule has 0 radical (unpaired) electrons. The first-order valence-electron chi connectivity index (χ1n) is 9.45. The number of carbonyl (C=O) groups is 1. The summed E-state index contributed by atoms with van der Waals surface area (Å²) in [4.78, 5) is 15.1. The minimum absolute atomic E-state index is 0.123. The summed E-state index contributed by atoms with van der Waals surface area (Å²) in [5.41, 5.74) is 2.43. The number of nitrogens with zero attached hydrogens (tertiary/aromatic N) is 1. The summed E-state index contributed by atoms with van der Waals surface area (Å²) in [5.74, 6) is 0.654. The van der Waals surface area contributed by atoms with Gasteiger partial charge >= 0.3 is 0 Å². The van der Waals surface area contributed by atoms with E-state index >= 15 is 0 Å². The van der Waals surface area contributed by atoms with Crippen molar-refractivity contribution < 1.29 is 4.79 Å². The first-order valence-corrected chi connectivity index (χ1v) is 9.83. The van der Waals surface area contributed by atoms with Crippen molar-refractivity contribution in [3.8, 4) is 0 Å². The van der Waals surface area contributed by atoms with Crippen molar-refractivity contribution in [2.75, 3.05) is 23.3 Å². The molecular weight excluding hydrogens is 356 g/mol. The van der Waals surface area contributed by atoms with Crippen LogP contribution in [0.15, 0.2) is 60.7 Å². The molecule has 0 bridgehead atoms. The van der Waals surface area contributed by atoms with Gasteiger partial charge in [0.1, 0.15) is 0 Å². The van der Waals surface area contributed by atoms with E-state index in [1.807, 2.05) is 60.7 Å². The Labute approximate surface area is 164 Å². The van der Waals surface area contributed by atoms with Gasteiger partial charge in [0.25, 0.3) is 5.91 Å².